The van der Waals surface area contributed by atoms with Gasteiger partial charge in [0.25, 0.3) is 0 Å². The Morgan fingerprint density at radius 1 is 0.929 bits per heavy atom. The zero-order valence-electron chi connectivity index (χ0n) is 10.2. The van der Waals surface area contributed by atoms with Gasteiger partial charge >= 0.3 is 99.4 Å². The van der Waals surface area contributed by atoms with Crippen LogP contribution < -0.4 is 0 Å². The van der Waals surface area contributed by atoms with E-state index in [0.29, 0.717) is 0 Å². The molecule has 1 rings (SSSR count). The minimum absolute atomic E-state index is 1.02. The summed E-state index contributed by atoms with van der Waals surface area (Å²) in [5, 5.41) is 0. The molecule has 0 amide bonds. The van der Waals surface area contributed by atoms with Crippen molar-refractivity contribution >= 4 is 17.7 Å². The van der Waals surface area contributed by atoms with E-state index in [1.807, 2.05) is 0 Å². The first-order chi connectivity index (χ1) is 6.83. The van der Waals surface area contributed by atoms with Crippen LogP contribution in [-0.2, 0) is 0 Å². The van der Waals surface area contributed by atoms with Gasteiger partial charge < -0.3 is 0 Å². The topological polar surface area (TPSA) is 0 Å². The number of unbranched alkanes of at least 4 members (excludes halogenated alkanes) is 4. The van der Waals surface area contributed by atoms with Crippen molar-refractivity contribution in [2.24, 2.45) is 5.92 Å². The van der Waals surface area contributed by atoms with Crippen molar-refractivity contribution in [3.8, 4) is 0 Å². The van der Waals surface area contributed by atoms with Crippen LogP contribution in [0.2, 0.25) is 4.59 Å². The van der Waals surface area contributed by atoms with Crippen LogP contribution in [0, 0.1) is 5.92 Å². The van der Waals surface area contributed by atoms with E-state index >= 15 is 0 Å². The monoisotopic (exact) mass is 188 g/mol. The molecule has 0 aromatic rings. The van der Waals surface area contributed by atoms with Gasteiger partial charge in [-0.05, 0) is 0 Å². The average molecular weight is 188 g/mol. The molecule has 0 aromatic carbocycles. The van der Waals surface area contributed by atoms with Gasteiger partial charge in [-0.15, -0.1) is 0 Å². The predicted octanol–water partition coefficient (Wildman–Crippen LogP) is 4.49. The van der Waals surface area contributed by atoms with Gasteiger partial charge in [-0.2, -0.15) is 0 Å². The first kappa shape index (κ1) is 12.7. The molecule has 1 aliphatic rings. The van der Waals surface area contributed by atoms with Crippen LogP contribution in [0.5, 0.6) is 0 Å². The molecule has 0 spiro atoms. The third-order valence-corrected chi connectivity index (χ3v) is 3.85. The van der Waals surface area contributed by atoms with E-state index in [2.05, 4.69) is 24.6 Å². The third kappa shape index (κ3) is 5.47. The minimum atomic E-state index is 1.02. The van der Waals surface area contributed by atoms with Crippen molar-refractivity contribution in [1.82, 2.24) is 0 Å². The fraction of sp³-hybridized carbons (Fsp3) is 1.00. The normalized spacial score (nSPS) is 27.9. The van der Waals surface area contributed by atoms with E-state index in [1.165, 1.54) is 64.2 Å². The Morgan fingerprint density at radius 3 is 2.21 bits per heavy atom. The predicted molar refractivity (Wildman–Crippen MR) is 64.8 cm³/mol. The molecule has 0 N–H and O–H groups in total. The zero-order chi connectivity index (χ0) is 10.2. The van der Waals surface area contributed by atoms with E-state index in [1.54, 1.807) is 0 Å². The van der Waals surface area contributed by atoms with Gasteiger partial charge in [0.1, 0.15) is 0 Å². The van der Waals surface area contributed by atoms with Crippen molar-refractivity contribution in [3.63, 3.8) is 0 Å². The summed E-state index contributed by atoms with van der Waals surface area (Å²) >= 11 is 2.41. The van der Waals surface area contributed by atoms with Gasteiger partial charge in [0.2, 0.25) is 0 Å². The Morgan fingerprint density at radius 2 is 1.57 bits per heavy atom. The molecule has 0 saturated heterocycles. The quantitative estimate of drug-likeness (QED) is 0.425. The molecule has 0 unspecified atom stereocenters. The van der Waals surface area contributed by atoms with E-state index in [9.17, 15) is 0 Å². The van der Waals surface area contributed by atoms with Crippen molar-refractivity contribution in [1.29, 1.82) is 0 Å². The third-order valence-electron chi connectivity index (χ3n) is 3.85. The Bertz CT molecular complexity index is 125. The second-order valence-electron chi connectivity index (χ2n) is 5.33. The van der Waals surface area contributed by atoms with Gasteiger partial charge in [0.05, 0.1) is 0 Å². The molecular formula is C13H25Li. The van der Waals surface area contributed by atoms with Crippen LogP contribution in [0.1, 0.15) is 71.1 Å². The molecule has 0 aromatic heterocycles. The van der Waals surface area contributed by atoms with E-state index in [0.717, 1.165) is 10.5 Å². The molecule has 1 heteroatoms. The van der Waals surface area contributed by atoms with Crippen molar-refractivity contribution in [2.45, 2.75) is 75.7 Å². The second kappa shape index (κ2) is 7.83. The summed E-state index contributed by atoms with van der Waals surface area (Å²) in [5.74, 6) is 1.09. The number of hydrogen-bond donors (Lipinski definition) is 0. The fourth-order valence-corrected chi connectivity index (χ4v) is 2.65. The molecule has 0 atom stereocenters. The van der Waals surface area contributed by atoms with E-state index in [-0.39, 0.29) is 0 Å². The van der Waals surface area contributed by atoms with Gasteiger partial charge in [-0.1, -0.05) is 0 Å². The molecule has 0 aliphatic heterocycles. The molecule has 0 heterocycles. The van der Waals surface area contributed by atoms with Gasteiger partial charge in [0, 0.05) is 0 Å². The maximum absolute atomic E-state index is 2.41. The Labute approximate surface area is 99.4 Å². The zero-order valence-corrected chi connectivity index (χ0v) is 10.2. The summed E-state index contributed by atoms with van der Waals surface area (Å²) in [7, 11) is 0. The maximum atomic E-state index is 2.41. The van der Waals surface area contributed by atoms with Crippen LogP contribution in [-0.4, -0.2) is 17.7 Å². The van der Waals surface area contributed by atoms with E-state index in [4.69, 9.17) is 0 Å². The van der Waals surface area contributed by atoms with Crippen LogP contribution in [0.15, 0.2) is 0 Å². The molecule has 1 aliphatic carbocycles. The molecule has 0 radical (unpaired) electrons. The molecule has 78 valence electrons. The number of rotatable bonds is 6. The van der Waals surface area contributed by atoms with Crippen molar-refractivity contribution in [2.75, 3.05) is 0 Å². The first-order valence-electron chi connectivity index (χ1n) is 6.83. The standard InChI is InChI=1S/C13H25.Li/c1-2-3-4-5-7-10-13-11-8-6-9-12-13;/h6,13H,2-5,7-12H2,1H3;. The van der Waals surface area contributed by atoms with Crippen LogP contribution in [0.25, 0.3) is 0 Å². The Balaban J connectivity index is 1.91. The van der Waals surface area contributed by atoms with Gasteiger partial charge in [-0.3, -0.25) is 0 Å². The Kier molecular flexibility index (Phi) is 7.09. The SMILES string of the molecule is [Li][CH]1CCC(CCCCCCC)CC1. The first-order valence-corrected chi connectivity index (χ1v) is 6.83. The van der Waals surface area contributed by atoms with Gasteiger partial charge in [-0.25, -0.2) is 0 Å². The molecular weight excluding hydrogens is 163 g/mol. The fourth-order valence-electron chi connectivity index (χ4n) is 2.65. The van der Waals surface area contributed by atoms with Crippen LogP contribution in [0.3, 0.4) is 0 Å². The number of hydrogen-bond acceptors (Lipinski definition) is 0. The molecule has 14 heavy (non-hydrogen) atoms. The molecule has 0 nitrogen and oxygen atoms in total. The summed E-state index contributed by atoms with van der Waals surface area (Å²) in [4.78, 5) is 0. The summed E-state index contributed by atoms with van der Waals surface area (Å²) in [6, 6.07) is 0. The summed E-state index contributed by atoms with van der Waals surface area (Å²) < 4.78 is 1.02. The molecule has 1 saturated carbocycles. The van der Waals surface area contributed by atoms with Crippen molar-refractivity contribution < 1.29 is 0 Å². The summed E-state index contributed by atoms with van der Waals surface area (Å²) in [6.07, 6.45) is 14.8. The summed E-state index contributed by atoms with van der Waals surface area (Å²) in [6.45, 7) is 2.29. The van der Waals surface area contributed by atoms with Crippen LogP contribution in [0.4, 0.5) is 0 Å². The average Bonchev–Trinajstić information content (AvgIpc) is 2.21. The Hall–Kier alpha value is 0.597. The molecule has 1 fully saturated rings. The second-order valence-corrected chi connectivity index (χ2v) is 5.33. The van der Waals surface area contributed by atoms with Crippen LogP contribution >= 0.6 is 0 Å². The van der Waals surface area contributed by atoms with E-state index < -0.39 is 0 Å². The van der Waals surface area contributed by atoms with Gasteiger partial charge in [0.15, 0.2) is 0 Å². The molecule has 0 bridgehead atoms. The summed E-state index contributed by atoms with van der Waals surface area (Å²) in [5.41, 5.74) is 0. The van der Waals surface area contributed by atoms with Crippen molar-refractivity contribution in [3.05, 3.63) is 0 Å².